The lowest BCUT2D eigenvalue weighted by molar-refractivity contribution is 0.0846. The van der Waals surface area contributed by atoms with Crippen LogP contribution in [-0.2, 0) is 20.2 Å². The molecule has 1 aliphatic heterocycles. The van der Waals surface area contributed by atoms with Gasteiger partial charge in [0, 0.05) is 61.3 Å². The molecule has 0 spiro atoms. The van der Waals surface area contributed by atoms with E-state index in [1.54, 1.807) is 24.3 Å². The lowest BCUT2D eigenvalue weighted by Crippen LogP contribution is -2.48. The molecule has 4 N–H and O–H groups in total. The number of nitrogens with one attached hydrogen (secondary N) is 2. The first-order valence-electron chi connectivity index (χ1n) is 12.2. The lowest BCUT2D eigenvalue weighted by atomic mass is 9.82. The second-order valence-corrected chi connectivity index (χ2v) is 13.6. The summed E-state index contributed by atoms with van der Waals surface area (Å²) in [4.78, 5) is 47.6. The number of piperazine rings is 1. The van der Waals surface area contributed by atoms with Crippen LogP contribution in [0.25, 0.3) is 0 Å². The van der Waals surface area contributed by atoms with Crippen molar-refractivity contribution < 1.29 is 45.1 Å². The van der Waals surface area contributed by atoms with Gasteiger partial charge in [0.15, 0.2) is 32.6 Å². The van der Waals surface area contributed by atoms with Crippen molar-refractivity contribution in [1.29, 1.82) is 0 Å². The molecule has 0 amide bonds. The van der Waals surface area contributed by atoms with Crippen LogP contribution in [-0.4, -0.2) is 84.7 Å². The molecule has 2 unspecified atom stereocenters. The Kier molecular flexibility index (Phi) is 9.23. The Labute approximate surface area is 232 Å². The van der Waals surface area contributed by atoms with Crippen LogP contribution in [0.5, 0.6) is 0 Å². The van der Waals surface area contributed by atoms with Crippen LogP contribution >= 0.6 is 0 Å². The highest BCUT2D eigenvalue weighted by Crippen LogP contribution is 2.35. The van der Waals surface area contributed by atoms with Gasteiger partial charge >= 0.3 is 0 Å². The largest absolute Gasteiger partial charge is 0.314 e. The molecule has 1 fully saturated rings. The van der Waals surface area contributed by atoms with Gasteiger partial charge in [-0.3, -0.25) is 28.3 Å². The predicted octanol–water partition coefficient (Wildman–Crippen LogP) is 1.38. The number of carbonyl (C=O) groups is 4. The third-order valence-corrected chi connectivity index (χ3v) is 9.93. The molecule has 0 bridgehead atoms. The topological polar surface area (TPSA) is 201 Å². The normalized spacial score (nSPS) is 24.5. The van der Waals surface area contributed by atoms with E-state index in [1.165, 1.54) is 24.3 Å². The quantitative estimate of drug-likeness (QED) is 0.365. The molecule has 5 rings (SSSR count). The lowest BCUT2D eigenvalue weighted by Gasteiger charge is -2.29. The summed E-state index contributed by atoms with van der Waals surface area (Å²) in [5, 5.41) is 6.44. The van der Waals surface area contributed by atoms with Crippen molar-refractivity contribution in [3.05, 3.63) is 70.8 Å². The zero-order valence-corrected chi connectivity index (χ0v) is 23.5. The van der Waals surface area contributed by atoms with Crippen molar-refractivity contribution in [3.8, 4) is 0 Å². The average Bonchev–Trinajstić information content (AvgIpc) is 2.91. The molecule has 2 aromatic carbocycles. The molecule has 0 radical (unpaired) electrons. The number of benzene rings is 2. The van der Waals surface area contributed by atoms with E-state index in [2.05, 4.69) is 10.6 Å². The van der Waals surface area contributed by atoms with Crippen molar-refractivity contribution in [2.24, 2.45) is 0 Å². The molecule has 1 saturated heterocycles. The maximum Gasteiger partial charge on any atom is 0.278 e. The number of fused-ring (bicyclic) bond motifs is 2. The molecule has 0 saturated carbocycles. The van der Waals surface area contributed by atoms with Crippen LogP contribution in [0.15, 0.2) is 48.5 Å². The first kappa shape index (κ1) is 31.4. The summed E-state index contributed by atoms with van der Waals surface area (Å²) in [6.45, 7) is 6.69. The fraction of sp³-hybridized carbons (Fsp3) is 0.385. The Morgan fingerprint density at radius 2 is 0.850 bits per heavy atom. The van der Waals surface area contributed by atoms with E-state index in [9.17, 15) is 36.0 Å². The molecule has 216 valence electrons. The van der Waals surface area contributed by atoms with E-state index in [0.29, 0.717) is 0 Å². The van der Waals surface area contributed by atoms with Crippen molar-refractivity contribution >= 4 is 43.4 Å². The van der Waals surface area contributed by atoms with Gasteiger partial charge in [0.05, 0.1) is 0 Å². The molecule has 2 aromatic rings. The highest BCUT2D eigenvalue weighted by atomic mass is 32.2. The molecule has 2 aliphatic carbocycles. The smallest absolute Gasteiger partial charge is 0.278 e. The standard InChI is InChI=1S/2C11H10O5S.C4H10N2/c2*1-11(17(14,15)16)6-9(12)7-4-2-3-5-8(7)10(11)13;1-2-6-4-3-5-1/h2*2-5H,6H2,1H3,(H,14,15,16);5-6H,1-4H2. The Bertz CT molecular complexity index is 1440. The van der Waals surface area contributed by atoms with Gasteiger partial charge in [-0.2, -0.15) is 16.8 Å². The Balaban J connectivity index is 0.000000183. The van der Waals surface area contributed by atoms with Gasteiger partial charge in [0.2, 0.25) is 0 Å². The molecule has 3 aliphatic rings. The minimum absolute atomic E-state index is 0.0453. The van der Waals surface area contributed by atoms with Gasteiger partial charge in [0.1, 0.15) is 0 Å². The number of ketones is 4. The second-order valence-electron chi connectivity index (χ2n) is 9.86. The minimum atomic E-state index is -4.62. The number of Topliss-reactive ketones (excluding diaryl/α,β-unsaturated/α-hetero) is 4. The first-order valence-corrected chi connectivity index (χ1v) is 15.1. The average molecular weight is 595 g/mol. The van der Waals surface area contributed by atoms with Crippen LogP contribution in [0.4, 0.5) is 0 Å². The van der Waals surface area contributed by atoms with Gasteiger partial charge in [-0.1, -0.05) is 48.5 Å². The first-order chi connectivity index (χ1) is 18.5. The zero-order chi connectivity index (χ0) is 29.9. The van der Waals surface area contributed by atoms with Crippen molar-refractivity contribution in [2.45, 2.75) is 36.2 Å². The third-order valence-electron chi connectivity index (χ3n) is 7.00. The second kappa shape index (κ2) is 11.8. The Hall–Kier alpha value is -3.14. The number of hydrogen-bond acceptors (Lipinski definition) is 10. The van der Waals surface area contributed by atoms with E-state index < -0.39 is 65.7 Å². The van der Waals surface area contributed by atoms with E-state index in [1.807, 2.05) is 0 Å². The summed E-state index contributed by atoms with van der Waals surface area (Å²) in [5.41, 5.74) is 0.505. The van der Waals surface area contributed by atoms with Crippen LogP contribution < -0.4 is 10.6 Å². The number of carbonyl (C=O) groups excluding carboxylic acids is 4. The van der Waals surface area contributed by atoms with E-state index in [0.717, 1.165) is 40.0 Å². The van der Waals surface area contributed by atoms with E-state index >= 15 is 0 Å². The van der Waals surface area contributed by atoms with Gasteiger partial charge in [0.25, 0.3) is 20.2 Å². The molecule has 0 aromatic heterocycles. The summed E-state index contributed by atoms with van der Waals surface area (Å²) in [7, 11) is -9.24. The summed E-state index contributed by atoms with van der Waals surface area (Å²) in [6.07, 6.45) is -1.05. The molecule has 40 heavy (non-hydrogen) atoms. The van der Waals surface area contributed by atoms with Crippen LogP contribution in [0.1, 0.15) is 68.1 Å². The van der Waals surface area contributed by atoms with Crippen LogP contribution in [0.3, 0.4) is 0 Å². The maximum atomic E-state index is 12.0. The summed E-state index contributed by atoms with van der Waals surface area (Å²) in [5.74, 6) is -2.40. The molecular formula is C26H30N2O10S2. The number of rotatable bonds is 2. The van der Waals surface area contributed by atoms with Gasteiger partial charge < -0.3 is 10.6 Å². The molecule has 2 atom stereocenters. The molecular weight excluding hydrogens is 564 g/mol. The van der Waals surface area contributed by atoms with Gasteiger partial charge in [-0.15, -0.1) is 0 Å². The highest BCUT2D eigenvalue weighted by Gasteiger charge is 2.52. The van der Waals surface area contributed by atoms with Crippen molar-refractivity contribution in [1.82, 2.24) is 10.6 Å². The van der Waals surface area contributed by atoms with Crippen molar-refractivity contribution in [3.63, 3.8) is 0 Å². The van der Waals surface area contributed by atoms with E-state index in [-0.39, 0.29) is 22.3 Å². The maximum absolute atomic E-state index is 12.0. The summed E-state index contributed by atoms with van der Waals surface area (Å²) >= 11 is 0. The van der Waals surface area contributed by atoms with E-state index in [4.69, 9.17) is 9.11 Å². The van der Waals surface area contributed by atoms with Gasteiger partial charge in [-0.05, 0) is 13.8 Å². The highest BCUT2D eigenvalue weighted by molar-refractivity contribution is 7.88. The molecule has 12 nitrogen and oxygen atoms in total. The number of hydrogen-bond donors (Lipinski definition) is 4. The summed E-state index contributed by atoms with van der Waals surface area (Å²) < 4.78 is 59.1. The fourth-order valence-electron chi connectivity index (χ4n) is 4.40. The molecule has 14 heteroatoms. The van der Waals surface area contributed by atoms with Crippen molar-refractivity contribution in [2.75, 3.05) is 26.2 Å². The predicted molar refractivity (Wildman–Crippen MR) is 145 cm³/mol. The third kappa shape index (κ3) is 6.11. The monoisotopic (exact) mass is 594 g/mol. The fourth-order valence-corrected chi connectivity index (χ4v) is 5.72. The molecule has 1 heterocycles. The summed E-state index contributed by atoms with van der Waals surface area (Å²) in [6, 6.07) is 12.0. The SMILES string of the molecule is C1CNCCN1.CC1(S(=O)(=O)O)CC(=O)c2ccccc2C1=O.CC1(S(=O)(=O)O)CC(=O)c2ccccc2C1=O. The van der Waals surface area contributed by atoms with Gasteiger partial charge in [-0.25, -0.2) is 0 Å². The Morgan fingerprint density at radius 1 is 0.575 bits per heavy atom. The van der Waals surface area contributed by atoms with Crippen LogP contribution in [0, 0.1) is 0 Å². The Morgan fingerprint density at radius 3 is 1.10 bits per heavy atom. The minimum Gasteiger partial charge on any atom is -0.314 e. The van der Waals surface area contributed by atoms with Crippen LogP contribution in [0.2, 0.25) is 0 Å². The zero-order valence-electron chi connectivity index (χ0n) is 21.8.